The van der Waals surface area contributed by atoms with E-state index in [0.29, 0.717) is 22.9 Å². The molecule has 0 unspecified atom stereocenters. The third-order valence-electron chi connectivity index (χ3n) is 1.75. The van der Waals surface area contributed by atoms with Gasteiger partial charge < -0.3 is 4.74 Å². The van der Waals surface area contributed by atoms with Gasteiger partial charge in [0.25, 0.3) is 0 Å². The van der Waals surface area contributed by atoms with E-state index in [4.69, 9.17) is 21.6 Å². The van der Waals surface area contributed by atoms with E-state index < -0.39 is 0 Å². The molecule has 0 fully saturated rings. The Hall–Kier alpha value is -0.850. The minimum atomic E-state index is 0.529. The molecule has 0 aliphatic heterocycles. The average molecular weight is 242 g/mol. The van der Waals surface area contributed by atoms with Gasteiger partial charge >= 0.3 is 0 Å². The largest absolute Gasteiger partial charge is 0.491 e. The molecule has 0 aromatic heterocycles. The molecule has 0 aliphatic carbocycles. The Labute approximate surface area is 99.2 Å². The molecule has 0 saturated carbocycles. The molecule has 1 rings (SSSR count). The van der Waals surface area contributed by atoms with Crippen LogP contribution in [0.2, 0.25) is 5.02 Å². The van der Waals surface area contributed by atoms with Gasteiger partial charge in [0.05, 0.1) is 12.2 Å². The maximum absolute atomic E-state index is 8.83. The number of nitriles is 1. The Bertz CT molecular complexity index is 362. The Morgan fingerprint density at radius 1 is 1.53 bits per heavy atom. The minimum absolute atomic E-state index is 0.529. The smallest absolute Gasteiger partial charge is 0.138 e. The summed E-state index contributed by atoms with van der Waals surface area (Å²) >= 11 is 7.62. The Kier molecular flexibility index (Phi) is 5.38. The molecule has 0 bridgehead atoms. The Balaban J connectivity index is 2.59. The minimum Gasteiger partial charge on any atom is -0.491 e. The van der Waals surface area contributed by atoms with E-state index in [0.717, 1.165) is 11.5 Å². The van der Waals surface area contributed by atoms with E-state index >= 15 is 0 Å². The maximum Gasteiger partial charge on any atom is 0.138 e. The van der Waals surface area contributed by atoms with Crippen molar-refractivity contribution in [2.45, 2.75) is 6.92 Å². The fourth-order valence-electron chi connectivity index (χ4n) is 1.06. The number of rotatable bonds is 5. The van der Waals surface area contributed by atoms with Gasteiger partial charge in [-0.15, -0.1) is 0 Å². The second kappa shape index (κ2) is 6.60. The van der Waals surface area contributed by atoms with Gasteiger partial charge in [-0.2, -0.15) is 17.0 Å². The summed E-state index contributed by atoms with van der Waals surface area (Å²) in [5.41, 5.74) is 0.529. The van der Waals surface area contributed by atoms with E-state index in [1.54, 1.807) is 30.0 Å². The topological polar surface area (TPSA) is 33.0 Å². The molecule has 0 amide bonds. The highest BCUT2D eigenvalue weighted by atomic mass is 35.5. The number of hydrogen-bond acceptors (Lipinski definition) is 3. The molecular weight excluding hydrogens is 230 g/mol. The van der Waals surface area contributed by atoms with E-state index in [1.165, 1.54) is 0 Å². The first-order valence-electron chi connectivity index (χ1n) is 4.68. The van der Waals surface area contributed by atoms with Crippen molar-refractivity contribution < 1.29 is 4.74 Å². The molecule has 0 spiro atoms. The van der Waals surface area contributed by atoms with Gasteiger partial charge in [0, 0.05) is 16.8 Å². The van der Waals surface area contributed by atoms with Crippen molar-refractivity contribution in [2.75, 3.05) is 18.1 Å². The fourth-order valence-corrected chi connectivity index (χ4v) is 1.71. The van der Waals surface area contributed by atoms with Gasteiger partial charge in [0.2, 0.25) is 0 Å². The SMILES string of the molecule is CCSCCOc1cc(Cl)ccc1C#N. The second-order valence-corrected chi connectivity index (χ2v) is 4.63. The number of nitrogens with zero attached hydrogens (tertiary/aromatic N) is 1. The third-order valence-corrected chi connectivity index (χ3v) is 2.85. The number of hydrogen-bond donors (Lipinski definition) is 0. The highest BCUT2D eigenvalue weighted by Gasteiger charge is 2.03. The zero-order valence-electron chi connectivity index (χ0n) is 8.50. The van der Waals surface area contributed by atoms with E-state index in [2.05, 4.69) is 13.0 Å². The highest BCUT2D eigenvalue weighted by molar-refractivity contribution is 7.99. The number of benzene rings is 1. The summed E-state index contributed by atoms with van der Waals surface area (Å²) < 4.78 is 5.48. The molecule has 2 nitrogen and oxygen atoms in total. The molecule has 1 aromatic carbocycles. The van der Waals surface area contributed by atoms with Crippen LogP contribution >= 0.6 is 23.4 Å². The van der Waals surface area contributed by atoms with Crippen LogP contribution in [0, 0.1) is 11.3 Å². The van der Waals surface area contributed by atoms with Crippen molar-refractivity contribution in [1.29, 1.82) is 5.26 Å². The van der Waals surface area contributed by atoms with Gasteiger partial charge in [-0.25, -0.2) is 0 Å². The van der Waals surface area contributed by atoms with Gasteiger partial charge in [0.15, 0.2) is 0 Å². The second-order valence-electron chi connectivity index (χ2n) is 2.80. The van der Waals surface area contributed by atoms with Crippen LogP contribution in [-0.2, 0) is 0 Å². The van der Waals surface area contributed by atoms with Crippen LogP contribution in [0.25, 0.3) is 0 Å². The average Bonchev–Trinajstić information content (AvgIpc) is 2.25. The van der Waals surface area contributed by atoms with Crippen molar-refractivity contribution in [2.24, 2.45) is 0 Å². The maximum atomic E-state index is 8.83. The first-order valence-corrected chi connectivity index (χ1v) is 6.21. The first-order chi connectivity index (χ1) is 7.27. The molecule has 1 aromatic rings. The monoisotopic (exact) mass is 241 g/mol. The lowest BCUT2D eigenvalue weighted by Crippen LogP contribution is -2.01. The van der Waals surface area contributed by atoms with Crippen LogP contribution in [0.3, 0.4) is 0 Å². The molecule has 80 valence electrons. The molecule has 0 saturated heterocycles. The van der Waals surface area contributed by atoms with Crippen LogP contribution in [-0.4, -0.2) is 18.1 Å². The summed E-state index contributed by atoms with van der Waals surface area (Å²) in [6.07, 6.45) is 0. The van der Waals surface area contributed by atoms with Crippen molar-refractivity contribution >= 4 is 23.4 Å². The number of ether oxygens (including phenoxy) is 1. The molecule has 0 radical (unpaired) electrons. The van der Waals surface area contributed by atoms with Gasteiger partial charge in [-0.3, -0.25) is 0 Å². The van der Waals surface area contributed by atoms with Crippen LogP contribution in [0.5, 0.6) is 5.75 Å². The summed E-state index contributed by atoms with van der Waals surface area (Å²) in [6.45, 7) is 2.71. The van der Waals surface area contributed by atoms with Crippen LogP contribution < -0.4 is 4.74 Å². The normalized spacial score (nSPS) is 9.67. The number of thioether (sulfide) groups is 1. The van der Waals surface area contributed by atoms with E-state index in [1.807, 2.05) is 0 Å². The summed E-state index contributed by atoms with van der Waals surface area (Å²) in [5.74, 6) is 2.57. The highest BCUT2D eigenvalue weighted by Crippen LogP contribution is 2.22. The van der Waals surface area contributed by atoms with Gasteiger partial charge in [-0.1, -0.05) is 18.5 Å². The molecule has 0 atom stereocenters. The molecule has 0 N–H and O–H groups in total. The van der Waals surface area contributed by atoms with Crippen LogP contribution in [0.4, 0.5) is 0 Å². The quantitative estimate of drug-likeness (QED) is 0.742. The summed E-state index contributed by atoms with van der Waals surface area (Å²) in [4.78, 5) is 0. The zero-order valence-corrected chi connectivity index (χ0v) is 10.1. The Morgan fingerprint density at radius 2 is 2.33 bits per heavy atom. The fraction of sp³-hybridized carbons (Fsp3) is 0.364. The van der Waals surface area contributed by atoms with Crippen molar-refractivity contribution in [1.82, 2.24) is 0 Å². The first kappa shape index (κ1) is 12.2. The Morgan fingerprint density at radius 3 is 3.00 bits per heavy atom. The molecule has 0 heterocycles. The van der Waals surface area contributed by atoms with Crippen LogP contribution in [0.15, 0.2) is 18.2 Å². The zero-order chi connectivity index (χ0) is 11.1. The van der Waals surface area contributed by atoms with Crippen molar-refractivity contribution in [3.8, 4) is 11.8 Å². The number of halogens is 1. The molecule has 0 aliphatic rings. The summed E-state index contributed by atoms with van der Waals surface area (Å²) in [6, 6.07) is 7.11. The molecule has 15 heavy (non-hydrogen) atoms. The lowest BCUT2D eigenvalue weighted by molar-refractivity contribution is 0.343. The lowest BCUT2D eigenvalue weighted by Gasteiger charge is -2.07. The predicted molar refractivity (Wildman–Crippen MR) is 64.7 cm³/mol. The van der Waals surface area contributed by atoms with Crippen molar-refractivity contribution in [3.05, 3.63) is 28.8 Å². The van der Waals surface area contributed by atoms with Crippen molar-refractivity contribution in [3.63, 3.8) is 0 Å². The van der Waals surface area contributed by atoms with E-state index in [-0.39, 0.29) is 0 Å². The van der Waals surface area contributed by atoms with Crippen LogP contribution in [0.1, 0.15) is 12.5 Å². The molecule has 4 heteroatoms. The summed E-state index contributed by atoms with van der Waals surface area (Å²) in [5, 5.41) is 9.42. The third kappa shape index (κ3) is 4.03. The van der Waals surface area contributed by atoms with Gasteiger partial charge in [0.1, 0.15) is 11.8 Å². The predicted octanol–water partition coefficient (Wildman–Crippen LogP) is 3.34. The van der Waals surface area contributed by atoms with E-state index in [9.17, 15) is 0 Å². The lowest BCUT2D eigenvalue weighted by atomic mass is 10.2. The molecular formula is C11H12ClNOS. The summed E-state index contributed by atoms with van der Waals surface area (Å²) in [7, 11) is 0. The standard InChI is InChI=1S/C11H12ClNOS/c1-2-15-6-5-14-11-7-10(12)4-3-9(11)8-13/h3-4,7H,2,5-6H2,1H3. The van der Waals surface area contributed by atoms with Gasteiger partial charge in [-0.05, 0) is 17.9 Å².